The van der Waals surface area contributed by atoms with E-state index >= 15 is 0 Å². The maximum absolute atomic E-state index is 13.2. The molecular formula is C25H18ClF3N2O. The van der Waals surface area contributed by atoms with Gasteiger partial charge in [0.25, 0.3) is 5.91 Å². The molecule has 0 bridgehead atoms. The number of benzene rings is 3. The van der Waals surface area contributed by atoms with Gasteiger partial charge in [-0.3, -0.25) is 4.79 Å². The molecule has 0 aliphatic carbocycles. The maximum Gasteiger partial charge on any atom is 0.417 e. The Morgan fingerprint density at radius 2 is 1.69 bits per heavy atom. The molecular weight excluding hydrogens is 437 g/mol. The predicted molar refractivity (Wildman–Crippen MR) is 121 cm³/mol. The van der Waals surface area contributed by atoms with Crippen molar-refractivity contribution in [2.75, 3.05) is 5.32 Å². The molecule has 1 aromatic heterocycles. The standard InChI is InChI=1S/C25H18ClF3N2O/c1-14-7-8-16(11-15(14)2)23-13-19(18-5-3-4-6-22(18)31-23)24(32)30-17-9-10-21(26)20(12-17)25(27,28)29/h3-13H,1-2H3,(H,30,32). The Kier molecular flexibility index (Phi) is 5.65. The zero-order chi connectivity index (χ0) is 23.0. The second-order valence-corrected chi connectivity index (χ2v) is 7.92. The van der Waals surface area contributed by atoms with Crippen LogP contribution in [-0.4, -0.2) is 10.9 Å². The van der Waals surface area contributed by atoms with E-state index in [0.717, 1.165) is 28.8 Å². The average Bonchev–Trinajstić information content (AvgIpc) is 2.75. The third-order valence-corrected chi connectivity index (χ3v) is 5.62. The number of carbonyl (C=O) groups is 1. The molecule has 4 rings (SSSR count). The molecule has 1 amide bonds. The fourth-order valence-electron chi connectivity index (χ4n) is 3.43. The Hall–Kier alpha value is -3.38. The van der Waals surface area contributed by atoms with Gasteiger partial charge in [0.15, 0.2) is 0 Å². The van der Waals surface area contributed by atoms with Crippen LogP contribution in [0.2, 0.25) is 5.02 Å². The molecule has 0 saturated heterocycles. The molecule has 3 aromatic carbocycles. The summed E-state index contributed by atoms with van der Waals surface area (Å²) in [5.74, 6) is -0.538. The van der Waals surface area contributed by atoms with Crippen LogP contribution in [0, 0.1) is 13.8 Å². The number of amides is 1. The molecule has 1 heterocycles. The number of nitrogens with one attached hydrogen (secondary N) is 1. The maximum atomic E-state index is 13.2. The highest BCUT2D eigenvalue weighted by atomic mass is 35.5. The number of halogens is 4. The zero-order valence-corrected chi connectivity index (χ0v) is 18.0. The summed E-state index contributed by atoms with van der Waals surface area (Å²) in [5.41, 5.74) is 3.59. The topological polar surface area (TPSA) is 42.0 Å². The number of pyridine rings is 1. The number of rotatable bonds is 3. The quantitative estimate of drug-likeness (QED) is 0.349. The highest BCUT2D eigenvalue weighted by molar-refractivity contribution is 6.31. The Balaban J connectivity index is 1.78. The lowest BCUT2D eigenvalue weighted by atomic mass is 10.0. The smallest absolute Gasteiger partial charge is 0.322 e. The van der Waals surface area contributed by atoms with Crippen molar-refractivity contribution in [3.63, 3.8) is 0 Å². The van der Waals surface area contributed by atoms with Gasteiger partial charge in [-0.05, 0) is 61.4 Å². The van der Waals surface area contributed by atoms with Gasteiger partial charge in [0.05, 0.1) is 27.4 Å². The summed E-state index contributed by atoms with van der Waals surface area (Å²) >= 11 is 5.68. The Bertz CT molecular complexity index is 1350. The second-order valence-electron chi connectivity index (χ2n) is 7.52. The second kappa shape index (κ2) is 8.28. The predicted octanol–water partition coefficient (Wildman–Crippen LogP) is 7.44. The van der Waals surface area contributed by atoms with E-state index < -0.39 is 22.7 Å². The summed E-state index contributed by atoms with van der Waals surface area (Å²) in [6.07, 6.45) is -4.63. The molecule has 7 heteroatoms. The highest BCUT2D eigenvalue weighted by Crippen LogP contribution is 2.36. The van der Waals surface area contributed by atoms with Crippen LogP contribution in [0.25, 0.3) is 22.2 Å². The van der Waals surface area contributed by atoms with Crippen molar-refractivity contribution >= 4 is 34.1 Å². The zero-order valence-electron chi connectivity index (χ0n) is 17.2. The van der Waals surface area contributed by atoms with Crippen molar-refractivity contribution in [3.8, 4) is 11.3 Å². The minimum absolute atomic E-state index is 0.000323. The SMILES string of the molecule is Cc1ccc(-c2cc(C(=O)Nc3ccc(Cl)c(C(F)(F)F)c3)c3ccccc3n2)cc1C. The molecule has 0 atom stereocenters. The Labute approximate surface area is 187 Å². The first-order chi connectivity index (χ1) is 15.1. The van der Waals surface area contributed by atoms with Crippen LogP contribution in [0.4, 0.5) is 18.9 Å². The number of fused-ring (bicyclic) bond motifs is 1. The van der Waals surface area contributed by atoms with Gasteiger partial charge < -0.3 is 5.32 Å². The van der Waals surface area contributed by atoms with Crippen LogP contribution < -0.4 is 5.32 Å². The third-order valence-electron chi connectivity index (χ3n) is 5.29. The van der Waals surface area contributed by atoms with Crippen LogP contribution in [0.5, 0.6) is 0 Å². The van der Waals surface area contributed by atoms with E-state index in [4.69, 9.17) is 11.6 Å². The lowest BCUT2D eigenvalue weighted by molar-refractivity contribution is -0.137. The summed E-state index contributed by atoms with van der Waals surface area (Å²) in [6.45, 7) is 4.00. The van der Waals surface area contributed by atoms with Gasteiger partial charge in [-0.2, -0.15) is 13.2 Å². The third kappa shape index (κ3) is 4.32. The van der Waals surface area contributed by atoms with Crippen molar-refractivity contribution in [2.45, 2.75) is 20.0 Å². The first-order valence-electron chi connectivity index (χ1n) is 9.79. The first kappa shape index (κ1) is 21.8. The van der Waals surface area contributed by atoms with Gasteiger partial charge in [-0.15, -0.1) is 0 Å². The van der Waals surface area contributed by atoms with E-state index in [2.05, 4.69) is 10.3 Å². The van der Waals surface area contributed by atoms with Crippen molar-refractivity contribution in [1.82, 2.24) is 4.98 Å². The van der Waals surface area contributed by atoms with Crippen LogP contribution >= 0.6 is 11.6 Å². The lowest BCUT2D eigenvalue weighted by Crippen LogP contribution is -2.14. The van der Waals surface area contributed by atoms with Crippen LogP contribution in [0.1, 0.15) is 27.0 Å². The van der Waals surface area contributed by atoms with Gasteiger partial charge in [0.1, 0.15) is 0 Å². The van der Waals surface area contributed by atoms with E-state index in [1.807, 2.05) is 38.1 Å². The monoisotopic (exact) mass is 454 g/mol. The van der Waals surface area contributed by atoms with Crippen LogP contribution in [-0.2, 0) is 6.18 Å². The van der Waals surface area contributed by atoms with Gasteiger partial charge in [0, 0.05) is 16.6 Å². The fourth-order valence-corrected chi connectivity index (χ4v) is 3.66. The molecule has 0 unspecified atom stereocenters. The van der Waals surface area contributed by atoms with Crippen molar-refractivity contribution in [2.24, 2.45) is 0 Å². The summed E-state index contributed by atoms with van der Waals surface area (Å²) in [7, 11) is 0. The van der Waals surface area contributed by atoms with E-state index in [1.54, 1.807) is 24.3 Å². The first-order valence-corrected chi connectivity index (χ1v) is 10.2. The summed E-state index contributed by atoms with van der Waals surface area (Å²) < 4.78 is 39.6. The van der Waals surface area contributed by atoms with Gasteiger partial charge in [-0.1, -0.05) is 41.9 Å². The Morgan fingerprint density at radius 1 is 0.938 bits per heavy atom. The van der Waals surface area contributed by atoms with Gasteiger partial charge in [0.2, 0.25) is 0 Å². The molecule has 162 valence electrons. The summed E-state index contributed by atoms with van der Waals surface area (Å²) in [5, 5.41) is 2.73. The van der Waals surface area contributed by atoms with Crippen LogP contribution in [0.3, 0.4) is 0 Å². The molecule has 0 aliphatic rings. The number of carbonyl (C=O) groups excluding carboxylic acids is 1. The molecule has 1 N–H and O–H groups in total. The number of anilines is 1. The fraction of sp³-hybridized carbons (Fsp3) is 0.120. The number of hydrogen-bond acceptors (Lipinski definition) is 2. The number of nitrogens with zero attached hydrogens (tertiary/aromatic N) is 1. The minimum Gasteiger partial charge on any atom is -0.322 e. The number of alkyl halides is 3. The average molecular weight is 455 g/mol. The number of aryl methyl sites for hydroxylation is 2. The summed E-state index contributed by atoms with van der Waals surface area (Å²) in [6, 6.07) is 18.0. The van der Waals surface area contributed by atoms with Crippen LogP contribution in [0.15, 0.2) is 66.7 Å². The number of para-hydroxylation sites is 1. The van der Waals surface area contributed by atoms with Crippen molar-refractivity contribution < 1.29 is 18.0 Å². The largest absolute Gasteiger partial charge is 0.417 e. The molecule has 0 saturated carbocycles. The van der Waals surface area contributed by atoms with E-state index in [-0.39, 0.29) is 5.69 Å². The molecule has 0 radical (unpaired) electrons. The van der Waals surface area contributed by atoms with E-state index in [1.165, 1.54) is 6.07 Å². The molecule has 4 aromatic rings. The Morgan fingerprint density at radius 3 is 2.41 bits per heavy atom. The lowest BCUT2D eigenvalue weighted by Gasteiger charge is -2.13. The van der Waals surface area contributed by atoms with Crippen molar-refractivity contribution in [3.05, 3.63) is 94.0 Å². The normalized spacial score (nSPS) is 11.6. The highest BCUT2D eigenvalue weighted by Gasteiger charge is 2.33. The van der Waals surface area contributed by atoms with E-state index in [9.17, 15) is 18.0 Å². The van der Waals surface area contributed by atoms with E-state index in [0.29, 0.717) is 22.2 Å². The molecule has 3 nitrogen and oxygen atoms in total. The molecule has 0 aliphatic heterocycles. The van der Waals surface area contributed by atoms with Gasteiger partial charge >= 0.3 is 6.18 Å². The molecule has 0 spiro atoms. The van der Waals surface area contributed by atoms with Crippen molar-refractivity contribution in [1.29, 1.82) is 0 Å². The number of hydrogen-bond donors (Lipinski definition) is 1. The summed E-state index contributed by atoms with van der Waals surface area (Å²) in [4.78, 5) is 17.8. The minimum atomic E-state index is -4.63. The molecule has 0 fully saturated rings. The number of aromatic nitrogens is 1. The molecule has 32 heavy (non-hydrogen) atoms. The van der Waals surface area contributed by atoms with Gasteiger partial charge in [-0.25, -0.2) is 4.98 Å².